The minimum absolute atomic E-state index is 0.284. The second-order valence-corrected chi connectivity index (χ2v) is 4.79. The van der Waals surface area contributed by atoms with Crippen molar-refractivity contribution in [3.8, 4) is 0 Å². The Morgan fingerprint density at radius 3 is 2.80 bits per heavy atom. The molecule has 3 rings (SSSR count). The molecule has 0 aromatic heterocycles. The molecule has 15 heavy (non-hydrogen) atoms. The van der Waals surface area contributed by atoms with Crippen LogP contribution in [0, 0.1) is 6.92 Å². The Hall–Kier alpha value is -0.860. The smallest absolute Gasteiger partial charge is 0.0467 e. The van der Waals surface area contributed by atoms with E-state index in [1.807, 2.05) is 0 Å². The molecule has 1 saturated heterocycles. The monoisotopic (exact) mass is 202 g/mol. The van der Waals surface area contributed by atoms with Gasteiger partial charge in [0.05, 0.1) is 0 Å². The average Bonchev–Trinajstić information content (AvgIpc) is 2.60. The summed E-state index contributed by atoms with van der Waals surface area (Å²) in [5, 5.41) is 7.18. The van der Waals surface area contributed by atoms with Gasteiger partial charge >= 0.3 is 0 Å². The van der Waals surface area contributed by atoms with Crippen LogP contribution in [0.1, 0.15) is 29.5 Å². The lowest BCUT2D eigenvalue weighted by molar-refractivity contribution is 0.264. The molecular weight excluding hydrogens is 184 g/mol. The van der Waals surface area contributed by atoms with Gasteiger partial charge in [0.25, 0.3) is 0 Å². The summed E-state index contributed by atoms with van der Waals surface area (Å²) in [6.45, 7) is 5.58. The summed E-state index contributed by atoms with van der Waals surface area (Å²) < 4.78 is 0. The first kappa shape index (κ1) is 9.37. The number of rotatable bonds is 0. The normalized spacial score (nSPS) is 23.0. The Bertz CT molecular complexity index is 373. The highest BCUT2D eigenvalue weighted by atomic mass is 15.0. The van der Waals surface area contributed by atoms with Gasteiger partial charge in [0.2, 0.25) is 0 Å². The minimum atomic E-state index is 0.284. The van der Waals surface area contributed by atoms with Crippen molar-refractivity contribution in [3.05, 3.63) is 34.9 Å². The van der Waals surface area contributed by atoms with Crippen LogP contribution < -0.4 is 10.6 Å². The third-order valence-electron chi connectivity index (χ3n) is 3.91. The van der Waals surface area contributed by atoms with Crippen LogP contribution in [0.2, 0.25) is 0 Å². The van der Waals surface area contributed by atoms with Gasteiger partial charge in [0.1, 0.15) is 0 Å². The van der Waals surface area contributed by atoms with E-state index in [0.29, 0.717) is 0 Å². The van der Waals surface area contributed by atoms with Crippen LogP contribution in [-0.2, 0) is 12.1 Å². The van der Waals surface area contributed by atoms with E-state index >= 15 is 0 Å². The molecule has 1 aromatic rings. The van der Waals surface area contributed by atoms with E-state index in [2.05, 4.69) is 35.8 Å². The first-order valence-corrected chi connectivity index (χ1v) is 5.87. The van der Waals surface area contributed by atoms with Gasteiger partial charge in [-0.15, -0.1) is 0 Å². The Morgan fingerprint density at radius 2 is 2.00 bits per heavy atom. The SMILES string of the molecule is Cc1cccc2c1C1(CCNCC1)NC2. The van der Waals surface area contributed by atoms with Crippen LogP contribution in [0.3, 0.4) is 0 Å². The zero-order valence-corrected chi connectivity index (χ0v) is 9.27. The highest BCUT2D eigenvalue weighted by Gasteiger charge is 2.39. The van der Waals surface area contributed by atoms with Crippen molar-refractivity contribution >= 4 is 0 Å². The van der Waals surface area contributed by atoms with Crippen molar-refractivity contribution < 1.29 is 0 Å². The Labute approximate surface area is 91.1 Å². The lowest BCUT2D eigenvalue weighted by Crippen LogP contribution is -2.46. The molecule has 2 aliphatic heterocycles. The molecule has 1 aromatic carbocycles. The van der Waals surface area contributed by atoms with Crippen molar-refractivity contribution in [2.45, 2.75) is 31.8 Å². The molecule has 2 heterocycles. The molecule has 0 bridgehead atoms. The molecule has 0 atom stereocenters. The fraction of sp³-hybridized carbons (Fsp3) is 0.538. The van der Waals surface area contributed by atoms with E-state index in [0.717, 1.165) is 19.6 Å². The maximum Gasteiger partial charge on any atom is 0.0467 e. The zero-order chi connectivity index (χ0) is 10.3. The van der Waals surface area contributed by atoms with E-state index in [9.17, 15) is 0 Å². The first-order valence-electron chi connectivity index (χ1n) is 5.87. The Kier molecular flexibility index (Phi) is 2.08. The molecule has 0 aliphatic carbocycles. The lowest BCUT2D eigenvalue weighted by atomic mass is 9.80. The summed E-state index contributed by atoms with van der Waals surface area (Å²) in [6.07, 6.45) is 2.45. The standard InChI is InChI=1S/C13H18N2/c1-10-3-2-4-11-9-15-13(12(10)11)5-7-14-8-6-13/h2-4,14-15H,5-9H2,1H3. The molecule has 2 nitrogen and oxygen atoms in total. The lowest BCUT2D eigenvalue weighted by Gasteiger charge is -2.36. The maximum absolute atomic E-state index is 3.74. The van der Waals surface area contributed by atoms with Gasteiger partial charge in [-0.05, 0) is 49.5 Å². The van der Waals surface area contributed by atoms with E-state index < -0.39 is 0 Å². The van der Waals surface area contributed by atoms with E-state index in [-0.39, 0.29) is 5.54 Å². The summed E-state index contributed by atoms with van der Waals surface area (Å²) >= 11 is 0. The first-order chi connectivity index (χ1) is 7.32. The third kappa shape index (κ3) is 1.32. The molecule has 1 fully saturated rings. The second-order valence-electron chi connectivity index (χ2n) is 4.79. The third-order valence-corrected chi connectivity index (χ3v) is 3.91. The van der Waals surface area contributed by atoms with Gasteiger partial charge in [0, 0.05) is 12.1 Å². The highest BCUT2D eigenvalue weighted by Crippen LogP contribution is 2.39. The number of benzene rings is 1. The average molecular weight is 202 g/mol. The maximum atomic E-state index is 3.74. The predicted molar refractivity (Wildman–Crippen MR) is 61.8 cm³/mol. The van der Waals surface area contributed by atoms with E-state index in [1.165, 1.54) is 24.0 Å². The number of hydrogen-bond acceptors (Lipinski definition) is 2. The van der Waals surface area contributed by atoms with Gasteiger partial charge in [-0.1, -0.05) is 18.2 Å². The summed E-state index contributed by atoms with van der Waals surface area (Å²) in [6, 6.07) is 6.69. The molecule has 80 valence electrons. The topological polar surface area (TPSA) is 24.1 Å². The molecule has 2 N–H and O–H groups in total. The van der Waals surface area contributed by atoms with Gasteiger partial charge in [-0.25, -0.2) is 0 Å². The minimum Gasteiger partial charge on any atom is -0.317 e. The quantitative estimate of drug-likeness (QED) is 0.669. The van der Waals surface area contributed by atoms with Crippen LogP contribution >= 0.6 is 0 Å². The van der Waals surface area contributed by atoms with Crippen LogP contribution in [0.4, 0.5) is 0 Å². The van der Waals surface area contributed by atoms with Crippen LogP contribution in [0.5, 0.6) is 0 Å². The fourth-order valence-electron chi connectivity index (χ4n) is 3.19. The highest BCUT2D eigenvalue weighted by molar-refractivity contribution is 5.44. The molecule has 0 amide bonds. The number of hydrogen-bond donors (Lipinski definition) is 2. The molecule has 1 spiro atoms. The van der Waals surface area contributed by atoms with Gasteiger partial charge in [0.15, 0.2) is 0 Å². The summed E-state index contributed by atoms with van der Waals surface area (Å²) in [4.78, 5) is 0. The van der Waals surface area contributed by atoms with E-state index in [4.69, 9.17) is 0 Å². The fourth-order valence-corrected chi connectivity index (χ4v) is 3.19. The van der Waals surface area contributed by atoms with Crippen molar-refractivity contribution in [2.24, 2.45) is 0 Å². The van der Waals surface area contributed by atoms with Crippen molar-refractivity contribution in [1.82, 2.24) is 10.6 Å². The van der Waals surface area contributed by atoms with Crippen LogP contribution in [-0.4, -0.2) is 13.1 Å². The van der Waals surface area contributed by atoms with Gasteiger partial charge in [-0.3, -0.25) is 0 Å². The van der Waals surface area contributed by atoms with Crippen LogP contribution in [0.25, 0.3) is 0 Å². The number of piperidine rings is 1. The Balaban J connectivity index is 2.09. The number of nitrogens with one attached hydrogen (secondary N) is 2. The number of aryl methyl sites for hydroxylation is 1. The largest absolute Gasteiger partial charge is 0.317 e. The molecule has 0 saturated carbocycles. The predicted octanol–water partition coefficient (Wildman–Crippen LogP) is 1.68. The molecular formula is C13H18N2. The molecule has 2 aliphatic rings. The molecule has 0 unspecified atom stereocenters. The van der Waals surface area contributed by atoms with E-state index in [1.54, 1.807) is 5.56 Å². The van der Waals surface area contributed by atoms with Crippen molar-refractivity contribution in [2.75, 3.05) is 13.1 Å². The van der Waals surface area contributed by atoms with Crippen molar-refractivity contribution in [1.29, 1.82) is 0 Å². The zero-order valence-electron chi connectivity index (χ0n) is 9.27. The summed E-state index contributed by atoms with van der Waals surface area (Å²) in [7, 11) is 0. The Morgan fingerprint density at radius 1 is 1.20 bits per heavy atom. The molecule has 0 radical (unpaired) electrons. The van der Waals surface area contributed by atoms with Gasteiger partial charge in [-0.2, -0.15) is 0 Å². The summed E-state index contributed by atoms with van der Waals surface area (Å²) in [5.41, 5.74) is 4.84. The number of fused-ring (bicyclic) bond motifs is 2. The van der Waals surface area contributed by atoms with Crippen molar-refractivity contribution in [3.63, 3.8) is 0 Å². The summed E-state index contributed by atoms with van der Waals surface area (Å²) in [5.74, 6) is 0. The second kappa shape index (κ2) is 3.32. The molecule has 2 heteroatoms. The van der Waals surface area contributed by atoms with Gasteiger partial charge < -0.3 is 10.6 Å². The van der Waals surface area contributed by atoms with Crippen LogP contribution in [0.15, 0.2) is 18.2 Å².